The average molecular weight is 393 g/mol. The maximum absolute atomic E-state index is 12.6. The zero-order valence-electron chi connectivity index (χ0n) is 13.2. The summed E-state index contributed by atoms with van der Waals surface area (Å²) in [5, 5.41) is 7.36. The number of nitrogens with one attached hydrogen (secondary N) is 2. The molecule has 2 N–H and O–H groups in total. The molecule has 2 amide bonds. The van der Waals surface area contributed by atoms with Crippen LogP contribution in [0.3, 0.4) is 0 Å². The third-order valence-corrected chi connectivity index (χ3v) is 5.41. The van der Waals surface area contributed by atoms with Gasteiger partial charge in [0.05, 0.1) is 5.02 Å². The van der Waals surface area contributed by atoms with E-state index in [0.29, 0.717) is 32.7 Å². The van der Waals surface area contributed by atoms with E-state index in [1.807, 2.05) is 0 Å². The van der Waals surface area contributed by atoms with Crippen LogP contribution in [0.5, 0.6) is 0 Å². The number of fused-ring (bicyclic) bond motifs is 1. The summed E-state index contributed by atoms with van der Waals surface area (Å²) >= 11 is 13.6. The van der Waals surface area contributed by atoms with Crippen molar-refractivity contribution in [3.8, 4) is 0 Å². The maximum Gasteiger partial charge on any atom is 0.267 e. The first-order valence-electron chi connectivity index (χ1n) is 7.56. The Hall–Kier alpha value is -2.08. The van der Waals surface area contributed by atoms with Crippen molar-refractivity contribution >= 4 is 67.8 Å². The molecule has 0 unspecified atom stereocenters. The molecule has 7 heteroatoms. The third kappa shape index (κ3) is 3.95. The van der Waals surface area contributed by atoms with E-state index >= 15 is 0 Å². The van der Waals surface area contributed by atoms with Gasteiger partial charge in [-0.2, -0.15) is 0 Å². The van der Waals surface area contributed by atoms with E-state index in [1.165, 1.54) is 11.3 Å². The topological polar surface area (TPSA) is 58.2 Å². The Morgan fingerprint density at radius 3 is 2.48 bits per heavy atom. The highest BCUT2D eigenvalue weighted by Gasteiger charge is 2.17. The molecular formula is C18H14Cl2N2O2S. The predicted octanol–water partition coefficient (Wildman–Crippen LogP) is 5.81. The molecule has 0 saturated heterocycles. The molecule has 128 valence electrons. The Kier molecular flexibility index (Phi) is 5.27. The summed E-state index contributed by atoms with van der Waals surface area (Å²) in [6.45, 7) is 1.77. The monoisotopic (exact) mass is 392 g/mol. The van der Waals surface area contributed by atoms with Crippen molar-refractivity contribution in [2.75, 3.05) is 10.6 Å². The minimum absolute atomic E-state index is 0.0899. The van der Waals surface area contributed by atoms with Gasteiger partial charge in [0.15, 0.2) is 0 Å². The Bertz CT molecular complexity index is 969. The fraction of sp³-hybridized carbons (Fsp3) is 0.111. The third-order valence-electron chi connectivity index (χ3n) is 3.52. The number of carbonyl (C=O) groups excluding carboxylic acids is 2. The summed E-state index contributed by atoms with van der Waals surface area (Å²) in [5.74, 6) is -0.394. The van der Waals surface area contributed by atoms with Crippen LogP contribution in [0.25, 0.3) is 10.1 Å². The van der Waals surface area contributed by atoms with E-state index in [1.54, 1.807) is 49.4 Å². The van der Waals surface area contributed by atoms with Crippen molar-refractivity contribution in [1.29, 1.82) is 0 Å². The molecule has 3 rings (SSSR count). The second kappa shape index (κ2) is 7.44. The standard InChI is InChI=1S/C18H14Cl2N2O2S/c1-2-15(23)21-11-4-3-5-12(9-11)22-18(24)17-16(20)13-7-6-10(19)8-14(13)25-17/h3-9H,2H2,1H3,(H,21,23)(H,22,24). The number of hydrogen-bond donors (Lipinski definition) is 2. The van der Waals surface area contributed by atoms with Crippen LogP contribution in [0.2, 0.25) is 10.0 Å². The van der Waals surface area contributed by atoms with E-state index in [-0.39, 0.29) is 11.8 Å². The predicted molar refractivity (Wildman–Crippen MR) is 105 cm³/mol. The summed E-state index contributed by atoms with van der Waals surface area (Å²) in [6, 6.07) is 12.3. The van der Waals surface area contributed by atoms with E-state index in [4.69, 9.17) is 23.2 Å². The first-order chi connectivity index (χ1) is 12.0. The minimum atomic E-state index is -0.304. The van der Waals surface area contributed by atoms with Crippen molar-refractivity contribution in [2.24, 2.45) is 0 Å². The van der Waals surface area contributed by atoms with Gasteiger partial charge in [-0.25, -0.2) is 0 Å². The molecule has 0 aliphatic heterocycles. The Labute approximate surface area is 158 Å². The number of amides is 2. The zero-order chi connectivity index (χ0) is 18.0. The lowest BCUT2D eigenvalue weighted by Gasteiger charge is -2.08. The van der Waals surface area contributed by atoms with Crippen molar-refractivity contribution < 1.29 is 9.59 Å². The lowest BCUT2D eigenvalue weighted by Crippen LogP contribution is -2.12. The number of rotatable bonds is 4. The van der Waals surface area contributed by atoms with Gasteiger partial charge >= 0.3 is 0 Å². The van der Waals surface area contributed by atoms with Crippen LogP contribution >= 0.6 is 34.5 Å². The van der Waals surface area contributed by atoms with Crippen LogP contribution in [0, 0.1) is 0 Å². The fourth-order valence-electron chi connectivity index (χ4n) is 2.30. The summed E-state index contributed by atoms with van der Waals surface area (Å²) in [6.07, 6.45) is 0.385. The van der Waals surface area contributed by atoms with Gasteiger partial charge in [0.1, 0.15) is 4.88 Å². The van der Waals surface area contributed by atoms with Gasteiger partial charge in [-0.05, 0) is 30.3 Å². The fourth-order valence-corrected chi connectivity index (χ4v) is 3.99. The molecule has 1 aromatic heterocycles. The van der Waals surface area contributed by atoms with Crippen molar-refractivity contribution in [1.82, 2.24) is 0 Å². The van der Waals surface area contributed by atoms with Gasteiger partial charge in [-0.3, -0.25) is 9.59 Å². The maximum atomic E-state index is 12.6. The summed E-state index contributed by atoms with van der Waals surface area (Å²) in [7, 11) is 0. The number of thiophene rings is 1. The Morgan fingerprint density at radius 1 is 1.04 bits per heavy atom. The molecule has 0 atom stereocenters. The lowest BCUT2D eigenvalue weighted by molar-refractivity contribution is -0.115. The van der Waals surface area contributed by atoms with E-state index in [9.17, 15) is 9.59 Å². The van der Waals surface area contributed by atoms with Crippen LogP contribution in [-0.4, -0.2) is 11.8 Å². The molecule has 25 heavy (non-hydrogen) atoms. The summed E-state index contributed by atoms with van der Waals surface area (Å²) in [4.78, 5) is 24.5. The molecule has 0 radical (unpaired) electrons. The van der Waals surface area contributed by atoms with Crippen LogP contribution in [0.1, 0.15) is 23.0 Å². The Balaban J connectivity index is 1.84. The molecule has 0 aliphatic carbocycles. The largest absolute Gasteiger partial charge is 0.326 e. The molecule has 0 bridgehead atoms. The first kappa shape index (κ1) is 17.7. The van der Waals surface area contributed by atoms with Crippen LogP contribution < -0.4 is 10.6 Å². The lowest BCUT2D eigenvalue weighted by atomic mass is 10.2. The van der Waals surface area contributed by atoms with Gasteiger partial charge < -0.3 is 10.6 Å². The van der Waals surface area contributed by atoms with Gasteiger partial charge in [0.25, 0.3) is 5.91 Å². The normalized spacial score (nSPS) is 10.7. The molecular weight excluding hydrogens is 379 g/mol. The van der Waals surface area contributed by atoms with Crippen molar-refractivity contribution in [2.45, 2.75) is 13.3 Å². The molecule has 0 fully saturated rings. The summed E-state index contributed by atoms with van der Waals surface area (Å²) in [5.41, 5.74) is 1.20. The number of hydrogen-bond acceptors (Lipinski definition) is 3. The van der Waals surface area contributed by atoms with Gasteiger partial charge in [0, 0.05) is 32.9 Å². The minimum Gasteiger partial charge on any atom is -0.326 e. The highest BCUT2D eigenvalue weighted by molar-refractivity contribution is 7.21. The number of anilines is 2. The van der Waals surface area contributed by atoms with E-state index in [0.717, 1.165) is 10.1 Å². The number of benzene rings is 2. The molecule has 3 aromatic rings. The van der Waals surface area contributed by atoms with Crippen LogP contribution in [0.4, 0.5) is 11.4 Å². The molecule has 0 aliphatic rings. The highest BCUT2D eigenvalue weighted by Crippen LogP contribution is 2.37. The molecule has 4 nitrogen and oxygen atoms in total. The molecule has 0 spiro atoms. The first-order valence-corrected chi connectivity index (χ1v) is 9.14. The van der Waals surface area contributed by atoms with E-state index in [2.05, 4.69) is 10.6 Å². The van der Waals surface area contributed by atoms with Crippen molar-refractivity contribution in [3.05, 3.63) is 57.4 Å². The van der Waals surface area contributed by atoms with Gasteiger partial charge in [-0.1, -0.05) is 42.3 Å². The molecule has 0 saturated carbocycles. The second-order valence-electron chi connectivity index (χ2n) is 5.32. The van der Waals surface area contributed by atoms with Crippen molar-refractivity contribution in [3.63, 3.8) is 0 Å². The number of carbonyl (C=O) groups is 2. The summed E-state index contributed by atoms with van der Waals surface area (Å²) < 4.78 is 0.853. The quantitative estimate of drug-likeness (QED) is 0.588. The molecule has 1 heterocycles. The van der Waals surface area contributed by atoms with Crippen LogP contribution in [0.15, 0.2) is 42.5 Å². The second-order valence-corrected chi connectivity index (χ2v) is 7.19. The zero-order valence-corrected chi connectivity index (χ0v) is 15.6. The number of halogens is 2. The smallest absolute Gasteiger partial charge is 0.267 e. The highest BCUT2D eigenvalue weighted by atomic mass is 35.5. The average Bonchev–Trinajstić information content (AvgIpc) is 2.91. The Morgan fingerprint density at radius 2 is 1.76 bits per heavy atom. The van der Waals surface area contributed by atoms with E-state index < -0.39 is 0 Å². The van der Waals surface area contributed by atoms with Gasteiger partial charge in [-0.15, -0.1) is 11.3 Å². The van der Waals surface area contributed by atoms with Crippen LogP contribution in [-0.2, 0) is 4.79 Å². The molecule has 2 aromatic carbocycles. The SMILES string of the molecule is CCC(=O)Nc1cccc(NC(=O)c2sc3cc(Cl)ccc3c2Cl)c1. The van der Waals surface area contributed by atoms with Gasteiger partial charge in [0.2, 0.25) is 5.91 Å².